The van der Waals surface area contributed by atoms with E-state index in [9.17, 15) is 4.79 Å². The Kier molecular flexibility index (Phi) is 8.45. The fourth-order valence-electron chi connectivity index (χ4n) is 2.57. The summed E-state index contributed by atoms with van der Waals surface area (Å²) < 4.78 is 16.2. The van der Waals surface area contributed by atoms with E-state index in [0.29, 0.717) is 29.4 Å². The maximum atomic E-state index is 12.6. The van der Waals surface area contributed by atoms with E-state index in [2.05, 4.69) is 17.6 Å². The molecule has 0 heterocycles. The summed E-state index contributed by atoms with van der Waals surface area (Å²) in [6.07, 6.45) is 2.35. The van der Waals surface area contributed by atoms with Gasteiger partial charge < -0.3 is 24.8 Å². The lowest BCUT2D eigenvalue weighted by molar-refractivity contribution is 0.102. The third kappa shape index (κ3) is 6.18. The quantitative estimate of drug-likeness (QED) is 0.588. The fourth-order valence-corrected chi connectivity index (χ4v) is 2.57. The van der Waals surface area contributed by atoms with Gasteiger partial charge in [0.05, 0.1) is 14.2 Å². The summed E-state index contributed by atoms with van der Waals surface area (Å²) in [6.45, 7) is 4.60. The van der Waals surface area contributed by atoms with Crippen molar-refractivity contribution >= 4 is 11.6 Å². The molecule has 2 rings (SSSR count). The van der Waals surface area contributed by atoms with Crippen molar-refractivity contribution in [2.45, 2.75) is 19.8 Å². The molecule has 0 bridgehead atoms. The van der Waals surface area contributed by atoms with Crippen LogP contribution in [0.4, 0.5) is 5.69 Å². The van der Waals surface area contributed by atoms with E-state index in [1.54, 1.807) is 30.3 Å². The number of nitrogens with one attached hydrogen (secondary N) is 2. The zero-order valence-electron chi connectivity index (χ0n) is 16.2. The van der Waals surface area contributed by atoms with Crippen molar-refractivity contribution in [3.63, 3.8) is 0 Å². The molecule has 0 aliphatic rings. The standard InChI is InChI=1S/C21H28N2O4/c1-4-5-13-22-14-15-27-17-11-9-16(10-12-17)23-21(24)20-18(25-2)7-6-8-19(20)26-3/h6-12,22H,4-5,13-15H2,1-3H3,(H,23,24). The smallest absolute Gasteiger partial charge is 0.263 e. The Morgan fingerprint density at radius 2 is 1.63 bits per heavy atom. The monoisotopic (exact) mass is 372 g/mol. The first-order valence-electron chi connectivity index (χ1n) is 9.15. The first-order chi connectivity index (χ1) is 13.2. The Labute approximate surface area is 160 Å². The molecule has 0 atom stereocenters. The van der Waals surface area contributed by atoms with Gasteiger partial charge in [0.2, 0.25) is 0 Å². The van der Waals surface area contributed by atoms with Crippen LogP contribution in [0.25, 0.3) is 0 Å². The normalized spacial score (nSPS) is 10.3. The average molecular weight is 372 g/mol. The largest absolute Gasteiger partial charge is 0.496 e. The van der Waals surface area contributed by atoms with Gasteiger partial charge >= 0.3 is 0 Å². The Morgan fingerprint density at radius 1 is 0.963 bits per heavy atom. The molecule has 2 aromatic carbocycles. The van der Waals surface area contributed by atoms with Gasteiger partial charge in [0.1, 0.15) is 29.4 Å². The number of rotatable bonds is 11. The molecule has 1 amide bonds. The van der Waals surface area contributed by atoms with Crippen molar-refractivity contribution in [2.24, 2.45) is 0 Å². The zero-order chi connectivity index (χ0) is 19.5. The number of unbranched alkanes of at least 4 members (excludes halogenated alkanes) is 1. The molecule has 0 saturated heterocycles. The summed E-state index contributed by atoms with van der Waals surface area (Å²) in [5, 5.41) is 6.19. The molecule has 0 aliphatic heterocycles. The number of benzene rings is 2. The summed E-state index contributed by atoms with van der Waals surface area (Å²) in [5.74, 6) is 1.39. The van der Waals surface area contributed by atoms with Crippen LogP contribution in [0, 0.1) is 0 Å². The lowest BCUT2D eigenvalue weighted by Gasteiger charge is -2.13. The van der Waals surface area contributed by atoms with Gasteiger partial charge in [-0.05, 0) is 49.4 Å². The Bertz CT molecular complexity index is 694. The summed E-state index contributed by atoms with van der Waals surface area (Å²) in [7, 11) is 3.05. The molecule has 0 radical (unpaired) electrons. The molecule has 27 heavy (non-hydrogen) atoms. The van der Waals surface area contributed by atoms with Gasteiger partial charge in [-0.15, -0.1) is 0 Å². The molecule has 0 fully saturated rings. The Balaban J connectivity index is 1.92. The van der Waals surface area contributed by atoms with Crippen molar-refractivity contribution in [1.82, 2.24) is 5.32 Å². The highest BCUT2D eigenvalue weighted by Crippen LogP contribution is 2.29. The number of carbonyl (C=O) groups is 1. The first-order valence-corrected chi connectivity index (χ1v) is 9.15. The highest BCUT2D eigenvalue weighted by atomic mass is 16.5. The van der Waals surface area contributed by atoms with Crippen molar-refractivity contribution < 1.29 is 19.0 Å². The van der Waals surface area contributed by atoms with Gasteiger partial charge in [-0.3, -0.25) is 4.79 Å². The van der Waals surface area contributed by atoms with E-state index in [1.165, 1.54) is 27.1 Å². The molecule has 0 aromatic heterocycles. The zero-order valence-corrected chi connectivity index (χ0v) is 16.2. The number of methoxy groups -OCH3 is 2. The van der Waals surface area contributed by atoms with Crippen molar-refractivity contribution in [3.8, 4) is 17.2 Å². The van der Waals surface area contributed by atoms with Gasteiger partial charge in [-0.1, -0.05) is 19.4 Å². The molecule has 2 N–H and O–H groups in total. The van der Waals surface area contributed by atoms with Crippen LogP contribution < -0.4 is 24.8 Å². The van der Waals surface area contributed by atoms with E-state index in [0.717, 1.165) is 18.8 Å². The third-order valence-electron chi connectivity index (χ3n) is 4.02. The number of anilines is 1. The second-order valence-electron chi connectivity index (χ2n) is 5.97. The highest BCUT2D eigenvalue weighted by molar-refractivity contribution is 6.08. The molecule has 2 aromatic rings. The van der Waals surface area contributed by atoms with Gasteiger partial charge in [0.25, 0.3) is 5.91 Å². The van der Waals surface area contributed by atoms with E-state index in [1.807, 2.05) is 12.1 Å². The van der Waals surface area contributed by atoms with E-state index >= 15 is 0 Å². The molecule has 0 aliphatic carbocycles. The second kappa shape index (κ2) is 11.1. The molecular weight excluding hydrogens is 344 g/mol. The Morgan fingerprint density at radius 3 is 2.22 bits per heavy atom. The van der Waals surface area contributed by atoms with Crippen LogP contribution in [0.3, 0.4) is 0 Å². The minimum atomic E-state index is -0.293. The summed E-state index contributed by atoms with van der Waals surface area (Å²) in [4.78, 5) is 12.6. The Hall–Kier alpha value is -2.73. The SMILES string of the molecule is CCCCNCCOc1ccc(NC(=O)c2c(OC)cccc2OC)cc1. The van der Waals surface area contributed by atoms with Gasteiger partial charge in [-0.25, -0.2) is 0 Å². The molecule has 6 nitrogen and oxygen atoms in total. The maximum Gasteiger partial charge on any atom is 0.263 e. The molecule has 6 heteroatoms. The third-order valence-corrected chi connectivity index (χ3v) is 4.02. The van der Waals surface area contributed by atoms with Gasteiger partial charge in [-0.2, -0.15) is 0 Å². The van der Waals surface area contributed by atoms with Gasteiger partial charge in [0, 0.05) is 12.2 Å². The number of carbonyl (C=O) groups excluding carboxylic acids is 1. The van der Waals surface area contributed by atoms with E-state index in [-0.39, 0.29) is 5.91 Å². The lowest BCUT2D eigenvalue weighted by atomic mass is 10.1. The minimum Gasteiger partial charge on any atom is -0.496 e. The van der Waals surface area contributed by atoms with Crippen LogP contribution in [0.5, 0.6) is 17.2 Å². The predicted molar refractivity (Wildman–Crippen MR) is 107 cm³/mol. The van der Waals surface area contributed by atoms with Crippen molar-refractivity contribution in [1.29, 1.82) is 0 Å². The van der Waals surface area contributed by atoms with E-state index in [4.69, 9.17) is 14.2 Å². The van der Waals surface area contributed by atoms with Crippen LogP contribution >= 0.6 is 0 Å². The van der Waals surface area contributed by atoms with Crippen LogP contribution in [0.2, 0.25) is 0 Å². The summed E-state index contributed by atoms with van der Waals surface area (Å²) >= 11 is 0. The number of amides is 1. The summed E-state index contributed by atoms with van der Waals surface area (Å²) in [5.41, 5.74) is 1.03. The lowest BCUT2D eigenvalue weighted by Crippen LogP contribution is -2.21. The average Bonchev–Trinajstić information content (AvgIpc) is 2.71. The first kappa shape index (κ1) is 20.6. The molecule has 0 spiro atoms. The van der Waals surface area contributed by atoms with Crippen LogP contribution in [0.15, 0.2) is 42.5 Å². The number of ether oxygens (including phenoxy) is 3. The van der Waals surface area contributed by atoms with Crippen LogP contribution in [-0.2, 0) is 0 Å². The van der Waals surface area contributed by atoms with E-state index < -0.39 is 0 Å². The van der Waals surface area contributed by atoms with Crippen LogP contribution in [-0.4, -0.2) is 39.8 Å². The highest BCUT2D eigenvalue weighted by Gasteiger charge is 2.18. The molecule has 0 unspecified atom stereocenters. The molecular formula is C21H28N2O4. The number of hydrogen-bond donors (Lipinski definition) is 2. The molecule has 146 valence electrons. The second-order valence-corrected chi connectivity index (χ2v) is 5.97. The maximum absolute atomic E-state index is 12.6. The van der Waals surface area contributed by atoms with Crippen molar-refractivity contribution in [2.75, 3.05) is 39.2 Å². The fraction of sp³-hybridized carbons (Fsp3) is 0.381. The molecule has 0 saturated carbocycles. The predicted octanol–water partition coefficient (Wildman–Crippen LogP) is 3.72. The van der Waals surface area contributed by atoms with Crippen LogP contribution in [0.1, 0.15) is 30.1 Å². The minimum absolute atomic E-state index is 0.293. The topological polar surface area (TPSA) is 68.8 Å². The van der Waals surface area contributed by atoms with Gasteiger partial charge in [0.15, 0.2) is 0 Å². The summed E-state index contributed by atoms with van der Waals surface area (Å²) in [6, 6.07) is 12.5. The van der Waals surface area contributed by atoms with Crippen molar-refractivity contribution in [3.05, 3.63) is 48.0 Å². The number of hydrogen-bond acceptors (Lipinski definition) is 5.